The van der Waals surface area contributed by atoms with Gasteiger partial charge in [-0.2, -0.15) is 13.2 Å². The third kappa shape index (κ3) is 3.28. The number of carboxylic acid groups (broad SMARTS) is 1. The van der Waals surface area contributed by atoms with Crippen LogP contribution in [0.1, 0.15) is 5.56 Å². The minimum absolute atomic E-state index is 0.0660. The summed E-state index contributed by atoms with van der Waals surface area (Å²) in [6, 6.07) is 7.62. The van der Waals surface area contributed by atoms with Gasteiger partial charge < -0.3 is 20.3 Å². The number of rotatable bonds is 3. The van der Waals surface area contributed by atoms with E-state index in [1.807, 2.05) is 0 Å². The summed E-state index contributed by atoms with van der Waals surface area (Å²) in [7, 11) is 0. The molecule has 0 saturated carbocycles. The number of carboxylic acids is 1. The highest BCUT2D eigenvalue weighted by Gasteiger charge is 2.49. The number of fused-ring (bicyclic) bond motifs is 1. The van der Waals surface area contributed by atoms with Crippen LogP contribution in [0.5, 0.6) is 17.2 Å². The first-order chi connectivity index (χ1) is 12.2. The molecule has 3 rings (SSSR count). The number of anilines is 1. The molecule has 2 aromatic carbocycles. The smallest absolute Gasteiger partial charge is 0.430 e. The molecule has 0 amide bonds. The van der Waals surface area contributed by atoms with Crippen LogP contribution in [0.15, 0.2) is 42.0 Å². The molecule has 0 fully saturated rings. The summed E-state index contributed by atoms with van der Waals surface area (Å²) in [5, 5.41) is 9.02. The number of aliphatic carboxylic acids is 1. The second-order valence-electron chi connectivity index (χ2n) is 5.41. The number of nitrogen functional groups attached to an aromatic ring is 1. The van der Waals surface area contributed by atoms with Crippen LogP contribution in [0.25, 0.3) is 6.08 Å². The van der Waals surface area contributed by atoms with E-state index in [0.29, 0.717) is 0 Å². The number of halogens is 4. The zero-order chi connectivity index (χ0) is 19.1. The molecular weight excluding hydrogens is 358 g/mol. The first kappa shape index (κ1) is 17.6. The van der Waals surface area contributed by atoms with E-state index >= 15 is 0 Å². The summed E-state index contributed by atoms with van der Waals surface area (Å²) in [6.45, 7) is 0. The molecule has 1 atom stereocenters. The molecule has 26 heavy (non-hydrogen) atoms. The van der Waals surface area contributed by atoms with Crippen LogP contribution in [0.4, 0.5) is 23.2 Å². The predicted octanol–water partition coefficient (Wildman–Crippen LogP) is 3.99. The molecule has 0 radical (unpaired) electrons. The average molecular weight is 369 g/mol. The zero-order valence-corrected chi connectivity index (χ0v) is 12.9. The minimum Gasteiger partial charge on any atom is -0.478 e. The van der Waals surface area contributed by atoms with Crippen LogP contribution in [0, 0.1) is 5.82 Å². The topological polar surface area (TPSA) is 81.8 Å². The molecule has 2 aromatic rings. The fourth-order valence-electron chi connectivity index (χ4n) is 2.41. The second-order valence-corrected chi connectivity index (χ2v) is 5.41. The van der Waals surface area contributed by atoms with Crippen molar-refractivity contribution in [2.24, 2.45) is 0 Å². The van der Waals surface area contributed by atoms with Gasteiger partial charge in [-0.1, -0.05) is 12.1 Å². The Kier molecular flexibility index (Phi) is 4.23. The van der Waals surface area contributed by atoms with Gasteiger partial charge in [-0.05, 0) is 24.3 Å². The van der Waals surface area contributed by atoms with E-state index < -0.39 is 29.6 Å². The Bertz CT molecular complexity index is 908. The van der Waals surface area contributed by atoms with Crippen LogP contribution < -0.4 is 15.2 Å². The molecular formula is C17H11F4NO4. The van der Waals surface area contributed by atoms with Gasteiger partial charge in [0.25, 0.3) is 0 Å². The Morgan fingerprint density at radius 1 is 1.19 bits per heavy atom. The SMILES string of the molecule is Nc1ccc(Oc2cccc3c2OC(C(F)(F)F)C(C(=O)O)=C3)c(F)c1. The normalized spacial score (nSPS) is 16.3. The Balaban J connectivity index is 2.05. The molecule has 5 nitrogen and oxygen atoms in total. The Morgan fingerprint density at radius 3 is 2.54 bits per heavy atom. The fraction of sp³-hybridized carbons (Fsp3) is 0.118. The number of para-hydroxylation sites is 1. The number of hydrogen-bond acceptors (Lipinski definition) is 4. The monoisotopic (exact) mass is 369 g/mol. The summed E-state index contributed by atoms with van der Waals surface area (Å²) in [6.07, 6.45) is -6.78. The van der Waals surface area contributed by atoms with Crippen molar-refractivity contribution < 1.29 is 36.9 Å². The standard InChI is InChI=1S/C17H11F4NO4/c18-11-7-9(22)4-5-12(11)25-13-3-1-2-8-6-10(16(23)24)15(17(19,20)21)26-14(8)13/h1-7,15H,22H2,(H,23,24). The lowest BCUT2D eigenvalue weighted by Crippen LogP contribution is -2.40. The number of hydrogen-bond donors (Lipinski definition) is 2. The first-order valence-electron chi connectivity index (χ1n) is 7.21. The van der Waals surface area contributed by atoms with Gasteiger partial charge in [-0.25, -0.2) is 9.18 Å². The highest BCUT2D eigenvalue weighted by atomic mass is 19.4. The van der Waals surface area contributed by atoms with Crippen molar-refractivity contribution in [3.8, 4) is 17.2 Å². The van der Waals surface area contributed by atoms with Crippen LogP contribution >= 0.6 is 0 Å². The van der Waals surface area contributed by atoms with Gasteiger partial charge in [0.1, 0.15) is 0 Å². The molecule has 3 N–H and O–H groups in total. The summed E-state index contributed by atoms with van der Waals surface area (Å²) in [5.74, 6) is -3.37. The molecule has 0 aromatic heterocycles. The molecule has 0 spiro atoms. The average Bonchev–Trinajstić information content (AvgIpc) is 2.55. The van der Waals surface area contributed by atoms with Crippen molar-refractivity contribution in [1.29, 1.82) is 0 Å². The molecule has 0 saturated heterocycles. The van der Waals surface area contributed by atoms with Crippen LogP contribution in [-0.2, 0) is 4.79 Å². The predicted molar refractivity (Wildman–Crippen MR) is 83.4 cm³/mol. The van der Waals surface area contributed by atoms with E-state index in [2.05, 4.69) is 0 Å². The molecule has 0 aliphatic carbocycles. The van der Waals surface area contributed by atoms with E-state index in [1.54, 1.807) is 0 Å². The first-order valence-corrected chi connectivity index (χ1v) is 7.21. The lowest BCUT2D eigenvalue weighted by molar-refractivity contribution is -0.187. The minimum atomic E-state index is -4.96. The molecule has 9 heteroatoms. The highest BCUT2D eigenvalue weighted by Crippen LogP contribution is 2.43. The third-order valence-corrected chi connectivity index (χ3v) is 3.56. The second kappa shape index (κ2) is 6.25. The number of carbonyl (C=O) groups is 1. The van der Waals surface area contributed by atoms with Crippen molar-refractivity contribution >= 4 is 17.7 Å². The van der Waals surface area contributed by atoms with Crippen molar-refractivity contribution in [2.45, 2.75) is 12.3 Å². The van der Waals surface area contributed by atoms with E-state index in [4.69, 9.17) is 20.3 Å². The molecule has 136 valence electrons. The maximum absolute atomic E-state index is 13.9. The number of benzene rings is 2. The lowest BCUT2D eigenvalue weighted by Gasteiger charge is -2.28. The van der Waals surface area contributed by atoms with Gasteiger partial charge in [0.05, 0.1) is 5.57 Å². The van der Waals surface area contributed by atoms with Crippen LogP contribution in [0.2, 0.25) is 0 Å². The van der Waals surface area contributed by atoms with Crippen molar-refractivity contribution in [1.82, 2.24) is 0 Å². The van der Waals surface area contributed by atoms with Gasteiger partial charge >= 0.3 is 12.1 Å². The van der Waals surface area contributed by atoms with E-state index in [-0.39, 0.29) is 28.5 Å². The van der Waals surface area contributed by atoms with E-state index in [1.165, 1.54) is 30.3 Å². The number of alkyl halides is 3. The summed E-state index contributed by atoms with van der Waals surface area (Å²) >= 11 is 0. The van der Waals surface area contributed by atoms with Gasteiger partial charge in [0.15, 0.2) is 23.1 Å². The fourth-order valence-corrected chi connectivity index (χ4v) is 2.41. The summed E-state index contributed by atoms with van der Waals surface area (Å²) in [5.41, 5.74) is 4.69. The number of nitrogens with two attached hydrogens (primary N) is 1. The molecule has 0 bridgehead atoms. The quantitative estimate of drug-likeness (QED) is 0.632. The van der Waals surface area contributed by atoms with Crippen molar-refractivity contribution in [2.75, 3.05) is 5.73 Å². The van der Waals surface area contributed by atoms with E-state index in [0.717, 1.165) is 12.1 Å². The van der Waals surface area contributed by atoms with Gasteiger partial charge in [0.2, 0.25) is 6.10 Å². The Morgan fingerprint density at radius 2 is 1.92 bits per heavy atom. The summed E-state index contributed by atoms with van der Waals surface area (Å²) < 4.78 is 63.6. The highest BCUT2D eigenvalue weighted by molar-refractivity contribution is 5.95. The van der Waals surface area contributed by atoms with Gasteiger partial charge in [-0.15, -0.1) is 0 Å². The third-order valence-electron chi connectivity index (χ3n) is 3.56. The molecule has 1 aliphatic rings. The molecule has 1 unspecified atom stereocenters. The maximum Gasteiger partial charge on any atom is 0.430 e. The Labute approximate surface area is 144 Å². The lowest BCUT2D eigenvalue weighted by atomic mass is 10.0. The van der Waals surface area contributed by atoms with Gasteiger partial charge in [0, 0.05) is 17.3 Å². The van der Waals surface area contributed by atoms with Crippen LogP contribution in [0.3, 0.4) is 0 Å². The molecule has 1 heterocycles. The molecule has 1 aliphatic heterocycles. The van der Waals surface area contributed by atoms with E-state index in [9.17, 15) is 22.4 Å². The van der Waals surface area contributed by atoms with Gasteiger partial charge in [-0.3, -0.25) is 0 Å². The zero-order valence-electron chi connectivity index (χ0n) is 12.9. The van der Waals surface area contributed by atoms with Crippen molar-refractivity contribution in [3.05, 3.63) is 53.4 Å². The van der Waals surface area contributed by atoms with Crippen molar-refractivity contribution in [3.63, 3.8) is 0 Å². The largest absolute Gasteiger partial charge is 0.478 e. The number of ether oxygens (including phenoxy) is 2. The van der Waals surface area contributed by atoms with Crippen LogP contribution in [-0.4, -0.2) is 23.4 Å². The summed E-state index contributed by atoms with van der Waals surface area (Å²) in [4.78, 5) is 11.1. The maximum atomic E-state index is 13.9. The Hall–Kier alpha value is -3.23.